The highest BCUT2D eigenvalue weighted by Crippen LogP contribution is 2.34. The maximum Gasteiger partial charge on any atom is 0.433 e. The summed E-state index contributed by atoms with van der Waals surface area (Å²) in [5.74, 6) is -0.165. The number of thiophene rings is 1. The normalized spacial score (nSPS) is 11.7. The van der Waals surface area contributed by atoms with Crippen LogP contribution >= 0.6 is 11.3 Å². The lowest BCUT2D eigenvalue weighted by molar-refractivity contribution is -0.140. The smallest absolute Gasteiger partial charge is 0.433 e. The molecule has 2 heterocycles. The molecule has 0 saturated heterocycles. The largest absolute Gasteiger partial charge is 0.508 e. The number of hydrogen-bond donors (Lipinski definition) is 2. The third-order valence-corrected chi connectivity index (χ3v) is 5.14. The number of aryl methyl sites for hydroxylation is 1. The Kier molecular flexibility index (Phi) is 4.86. The van der Waals surface area contributed by atoms with Gasteiger partial charge in [0.1, 0.15) is 16.3 Å². The summed E-state index contributed by atoms with van der Waals surface area (Å²) in [7, 11) is 0. The lowest BCUT2D eigenvalue weighted by Crippen LogP contribution is -2.25. The highest BCUT2D eigenvalue weighted by atomic mass is 32.1. The van der Waals surface area contributed by atoms with E-state index in [1.807, 2.05) is 0 Å². The van der Waals surface area contributed by atoms with E-state index in [4.69, 9.17) is 0 Å². The number of phenolic OH excluding ortho intramolecular Hbond substituents is 1. The number of carbonyl (C=O) groups is 1. The number of nitrogens with one attached hydrogen (secondary N) is 1. The van der Waals surface area contributed by atoms with Crippen molar-refractivity contribution in [3.05, 3.63) is 58.1 Å². The zero-order valence-electron chi connectivity index (χ0n) is 13.7. The minimum atomic E-state index is -4.52. The number of fused-ring (bicyclic) bond motifs is 1. The fourth-order valence-corrected chi connectivity index (χ4v) is 3.63. The molecular formula is C18H15F3N2O2S. The molecule has 0 aliphatic carbocycles. The van der Waals surface area contributed by atoms with Crippen LogP contribution in [0.15, 0.2) is 36.4 Å². The van der Waals surface area contributed by atoms with Crippen molar-refractivity contribution in [2.45, 2.75) is 19.5 Å². The number of benzene rings is 1. The minimum Gasteiger partial charge on any atom is -0.508 e. The Morgan fingerprint density at radius 2 is 1.88 bits per heavy atom. The minimum absolute atomic E-state index is 0.171. The molecule has 3 rings (SSSR count). The summed E-state index contributed by atoms with van der Waals surface area (Å²) in [6.45, 7) is 2.07. The van der Waals surface area contributed by atoms with E-state index >= 15 is 0 Å². The Morgan fingerprint density at radius 1 is 1.19 bits per heavy atom. The molecule has 8 heteroatoms. The number of halogens is 3. The first-order valence-corrected chi connectivity index (χ1v) is 8.61. The SMILES string of the molecule is Cc1c(C(=O)NCCc2ccc(O)cc2)sc2nc(C(F)(F)F)ccc12. The number of aromatic nitrogens is 1. The van der Waals surface area contributed by atoms with Gasteiger partial charge in [0.15, 0.2) is 0 Å². The van der Waals surface area contributed by atoms with Crippen LogP contribution < -0.4 is 5.32 Å². The number of phenols is 1. The molecular weight excluding hydrogens is 365 g/mol. The summed E-state index contributed by atoms with van der Waals surface area (Å²) < 4.78 is 38.3. The van der Waals surface area contributed by atoms with Crippen molar-refractivity contribution in [1.82, 2.24) is 10.3 Å². The van der Waals surface area contributed by atoms with Gasteiger partial charge in [-0.05, 0) is 48.7 Å². The second-order valence-corrected chi connectivity index (χ2v) is 6.77. The van der Waals surface area contributed by atoms with Crippen molar-refractivity contribution < 1.29 is 23.1 Å². The number of nitrogens with zero attached hydrogens (tertiary/aromatic N) is 1. The van der Waals surface area contributed by atoms with Crippen LogP contribution in [0.25, 0.3) is 10.2 Å². The molecule has 2 aromatic heterocycles. The number of pyridine rings is 1. The molecule has 0 radical (unpaired) electrons. The van der Waals surface area contributed by atoms with E-state index in [9.17, 15) is 23.1 Å². The van der Waals surface area contributed by atoms with Crippen LogP contribution in [0.5, 0.6) is 5.75 Å². The molecule has 0 bridgehead atoms. The number of carbonyl (C=O) groups excluding carboxylic acids is 1. The van der Waals surface area contributed by atoms with E-state index in [-0.39, 0.29) is 16.5 Å². The summed E-state index contributed by atoms with van der Waals surface area (Å²) in [6.07, 6.45) is -3.94. The molecule has 0 atom stereocenters. The van der Waals surface area contributed by atoms with E-state index in [1.165, 1.54) is 6.07 Å². The zero-order valence-corrected chi connectivity index (χ0v) is 14.5. The summed E-state index contributed by atoms with van der Waals surface area (Å²) in [4.78, 5) is 16.6. The van der Waals surface area contributed by atoms with Crippen LogP contribution in [-0.4, -0.2) is 22.5 Å². The molecule has 136 valence electrons. The van der Waals surface area contributed by atoms with Crippen molar-refractivity contribution >= 4 is 27.5 Å². The van der Waals surface area contributed by atoms with Gasteiger partial charge in [0.2, 0.25) is 0 Å². The third-order valence-electron chi connectivity index (χ3n) is 3.94. The van der Waals surface area contributed by atoms with Crippen molar-refractivity contribution in [3.63, 3.8) is 0 Å². The molecule has 0 saturated carbocycles. The molecule has 4 nitrogen and oxygen atoms in total. The second kappa shape index (κ2) is 6.95. The Bertz CT molecular complexity index is 949. The van der Waals surface area contributed by atoms with Crippen LogP contribution in [0.4, 0.5) is 13.2 Å². The zero-order chi connectivity index (χ0) is 18.9. The molecule has 26 heavy (non-hydrogen) atoms. The van der Waals surface area contributed by atoms with Gasteiger partial charge in [-0.1, -0.05) is 12.1 Å². The lowest BCUT2D eigenvalue weighted by atomic mass is 10.1. The Labute approximate surface area is 151 Å². The van der Waals surface area contributed by atoms with Crippen molar-refractivity contribution in [2.75, 3.05) is 6.54 Å². The van der Waals surface area contributed by atoms with Gasteiger partial charge in [0.25, 0.3) is 5.91 Å². The van der Waals surface area contributed by atoms with Crippen LogP contribution in [0.3, 0.4) is 0 Å². The second-order valence-electron chi connectivity index (χ2n) is 5.78. The first-order chi connectivity index (χ1) is 12.3. The molecule has 0 aliphatic heterocycles. The van der Waals surface area contributed by atoms with Crippen molar-refractivity contribution in [2.24, 2.45) is 0 Å². The third kappa shape index (κ3) is 3.80. The fourth-order valence-electron chi connectivity index (χ4n) is 2.54. The number of hydrogen-bond acceptors (Lipinski definition) is 4. The highest BCUT2D eigenvalue weighted by molar-refractivity contribution is 7.20. The average Bonchev–Trinajstić information content (AvgIpc) is 2.92. The van der Waals surface area contributed by atoms with Gasteiger partial charge >= 0.3 is 6.18 Å². The van der Waals surface area contributed by atoms with E-state index < -0.39 is 11.9 Å². The summed E-state index contributed by atoms with van der Waals surface area (Å²) >= 11 is 0.954. The van der Waals surface area contributed by atoms with Gasteiger partial charge in [-0.2, -0.15) is 13.2 Å². The fraction of sp³-hybridized carbons (Fsp3) is 0.222. The molecule has 0 fully saturated rings. The van der Waals surface area contributed by atoms with E-state index in [0.717, 1.165) is 23.0 Å². The molecule has 0 spiro atoms. The van der Waals surface area contributed by atoms with Gasteiger partial charge in [0.05, 0.1) is 4.88 Å². The van der Waals surface area contributed by atoms with Crippen molar-refractivity contribution in [1.29, 1.82) is 0 Å². The molecule has 0 aliphatic rings. The summed E-state index contributed by atoms with van der Waals surface area (Å²) in [6, 6.07) is 8.93. The van der Waals surface area contributed by atoms with Crippen LogP contribution in [0, 0.1) is 6.92 Å². The Morgan fingerprint density at radius 3 is 2.54 bits per heavy atom. The molecule has 1 amide bonds. The van der Waals surface area contributed by atoms with E-state index in [1.54, 1.807) is 31.2 Å². The van der Waals surface area contributed by atoms with Gasteiger partial charge in [0, 0.05) is 11.9 Å². The Balaban J connectivity index is 1.73. The summed E-state index contributed by atoms with van der Waals surface area (Å²) in [5, 5.41) is 12.6. The number of aromatic hydroxyl groups is 1. The van der Waals surface area contributed by atoms with Crippen molar-refractivity contribution in [3.8, 4) is 5.75 Å². The Hall–Kier alpha value is -2.61. The number of amides is 1. The molecule has 1 aromatic carbocycles. The average molecular weight is 380 g/mol. The maximum absolute atomic E-state index is 12.8. The standard InChI is InChI=1S/C18H15F3N2O2S/c1-10-13-6-7-14(18(19,20)21)23-17(13)26-15(10)16(25)22-9-8-11-2-4-12(24)5-3-11/h2-7,24H,8-9H2,1H3,(H,22,25). The molecule has 0 unspecified atom stereocenters. The van der Waals surface area contributed by atoms with Crippen LogP contribution in [-0.2, 0) is 12.6 Å². The van der Waals surface area contributed by atoms with Gasteiger partial charge in [-0.15, -0.1) is 11.3 Å². The highest BCUT2D eigenvalue weighted by Gasteiger charge is 2.33. The van der Waals surface area contributed by atoms with Crippen LogP contribution in [0.2, 0.25) is 0 Å². The molecule has 2 N–H and O–H groups in total. The monoisotopic (exact) mass is 380 g/mol. The van der Waals surface area contributed by atoms with E-state index in [2.05, 4.69) is 10.3 Å². The number of rotatable bonds is 4. The number of alkyl halides is 3. The topological polar surface area (TPSA) is 62.2 Å². The predicted octanol–water partition coefficient (Wildman–Crippen LogP) is 4.30. The first kappa shape index (κ1) is 18.2. The summed E-state index contributed by atoms with van der Waals surface area (Å²) in [5.41, 5.74) is 0.603. The quantitative estimate of drug-likeness (QED) is 0.709. The predicted molar refractivity (Wildman–Crippen MR) is 93.5 cm³/mol. The maximum atomic E-state index is 12.8. The van der Waals surface area contributed by atoms with Gasteiger partial charge in [-0.25, -0.2) is 4.98 Å². The van der Waals surface area contributed by atoms with Crippen LogP contribution in [0.1, 0.15) is 26.5 Å². The lowest BCUT2D eigenvalue weighted by Gasteiger charge is -2.05. The molecule has 3 aromatic rings. The first-order valence-electron chi connectivity index (χ1n) is 7.79. The van der Waals surface area contributed by atoms with Gasteiger partial charge in [-0.3, -0.25) is 4.79 Å². The van der Waals surface area contributed by atoms with Gasteiger partial charge < -0.3 is 10.4 Å². The van der Waals surface area contributed by atoms with E-state index in [0.29, 0.717) is 28.8 Å².